The zero-order valence-electron chi connectivity index (χ0n) is 10.4. The van der Waals surface area contributed by atoms with E-state index in [1.807, 2.05) is 6.92 Å². The number of ether oxygens (including phenoxy) is 1. The van der Waals surface area contributed by atoms with Crippen molar-refractivity contribution in [3.63, 3.8) is 0 Å². The Morgan fingerprint density at radius 2 is 2.18 bits per heavy atom. The molecule has 3 rings (SSSR count). The first kappa shape index (κ1) is 11.3. The first-order valence-electron chi connectivity index (χ1n) is 6.57. The molecule has 0 spiro atoms. The summed E-state index contributed by atoms with van der Waals surface area (Å²) < 4.78 is 5.24. The molecular weight excluding hydrogens is 216 g/mol. The van der Waals surface area contributed by atoms with Gasteiger partial charge in [0, 0.05) is 5.92 Å². The molecule has 1 heterocycles. The minimum absolute atomic E-state index is 0.0661. The monoisotopic (exact) mass is 236 g/mol. The summed E-state index contributed by atoms with van der Waals surface area (Å²) in [4.78, 5) is 12.0. The Hall–Kier alpha value is -0.830. The van der Waals surface area contributed by atoms with Gasteiger partial charge < -0.3 is 9.84 Å². The molecule has 1 saturated heterocycles. The Morgan fingerprint density at radius 1 is 1.41 bits per heavy atom. The van der Waals surface area contributed by atoms with Crippen LogP contribution in [-0.2, 0) is 9.53 Å². The number of cyclic esters (lactones) is 1. The number of aliphatic hydroxyl groups excluding tert-OH is 1. The lowest BCUT2D eigenvalue weighted by Gasteiger charge is -2.47. The van der Waals surface area contributed by atoms with Gasteiger partial charge in [0.1, 0.15) is 0 Å². The molecular formula is C14H20O3. The molecule has 0 aromatic carbocycles. The minimum Gasteiger partial charge on any atom is -0.465 e. The number of rotatable bonds is 0. The molecule has 2 fully saturated rings. The standard InChI is InChI=1S/C14H20O3/c1-8-5-9-3-4-10-7-17-13(16)14(10,2)11(9)6-12(8)15/h3-4,8-12,15H,5-7H2,1-2H3/t8-,9+,10-,11-,12+,14+/m1/s1. The Morgan fingerprint density at radius 3 is 2.94 bits per heavy atom. The molecule has 1 aliphatic heterocycles. The molecule has 0 aromatic rings. The fraction of sp³-hybridized carbons (Fsp3) is 0.786. The lowest BCUT2D eigenvalue weighted by atomic mass is 9.55. The van der Waals surface area contributed by atoms with Crippen LogP contribution in [0.5, 0.6) is 0 Å². The quantitative estimate of drug-likeness (QED) is 0.515. The van der Waals surface area contributed by atoms with Gasteiger partial charge in [-0.05, 0) is 37.5 Å². The van der Waals surface area contributed by atoms with Crippen LogP contribution < -0.4 is 0 Å². The highest BCUT2D eigenvalue weighted by Crippen LogP contribution is 2.54. The van der Waals surface area contributed by atoms with Crippen molar-refractivity contribution in [2.24, 2.45) is 29.1 Å². The predicted molar refractivity (Wildman–Crippen MR) is 63.1 cm³/mol. The molecule has 0 amide bonds. The maximum Gasteiger partial charge on any atom is 0.312 e. The van der Waals surface area contributed by atoms with E-state index in [1.165, 1.54) is 0 Å². The summed E-state index contributed by atoms with van der Waals surface area (Å²) in [6, 6.07) is 0. The van der Waals surface area contributed by atoms with E-state index in [4.69, 9.17) is 4.74 Å². The van der Waals surface area contributed by atoms with Gasteiger partial charge >= 0.3 is 5.97 Å². The maximum atomic E-state index is 12.0. The van der Waals surface area contributed by atoms with Crippen molar-refractivity contribution < 1.29 is 14.6 Å². The van der Waals surface area contributed by atoms with E-state index >= 15 is 0 Å². The Labute approximate surface area is 102 Å². The average molecular weight is 236 g/mol. The van der Waals surface area contributed by atoms with E-state index in [-0.39, 0.29) is 23.9 Å². The van der Waals surface area contributed by atoms with E-state index in [2.05, 4.69) is 19.1 Å². The van der Waals surface area contributed by atoms with E-state index in [9.17, 15) is 9.90 Å². The van der Waals surface area contributed by atoms with E-state index in [1.54, 1.807) is 0 Å². The van der Waals surface area contributed by atoms with Gasteiger partial charge in [-0.1, -0.05) is 19.1 Å². The molecule has 2 aliphatic carbocycles. The third-order valence-electron chi connectivity index (χ3n) is 5.28. The Kier molecular flexibility index (Phi) is 2.37. The van der Waals surface area contributed by atoms with Gasteiger partial charge in [0.2, 0.25) is 0 Å². The fourth-order valence-electron chi connectivity index (χ4n) is 3.92. The number of hydrogen-bond donors (Lipinski definition) is 1. The summed E-state index contributed by atoms with van der Waals surface area (Å²) in [5.41, 5.74) is -0.402. The van der Waals surface area contributed by atoms with E-state index in [0.29, 0.717) is 18.4 Å². The van der Waals surface area contributed by atoms with Gasteiger partial charge in [0.25, 0.3) is 0 Å². The molecule has 0 radical (unpaired) electrons. The average Bonchev–Trinajstić information content (AvgIpc) is 2.59. The molecule has 17 heavy (non-hydrogen) atoms. The second-order valence-corrected chi connectivity index (χ2v) is 6.16. The maximum absolute atomic E-state index is 12.0. The first-order valence-corrected chi connectivity index (χ1v) is 6.57. The van der Waals surface area contributed by atoms with Gasteiger partial charge in [-0.15, -0.1) is 0 Å². The summed E-state index contributed by atoms with van der Waals surface area (Å²) in [7, 11) is 0. The predicted octanol–water partition coefficient (Wildman–Crippen LogP) is 1.76. The summed E-state index contributed by atoms with van der Waals surface area (Å²) in [6.45, 7) is 4.63. The van der Waals surface area contributed by atoms with E-state index < -0.39 is 5.41 Å². The van der Waals surface area contributed by atoms with Crippen LogP contribution in [0, 0.1) is 29.1 Å². The minimum atomic E-state index is -0.402. The topological polar surface area (TPSA) is 46.5 Å². The van der Waals surface area contributed by atoms with Crippen LogP contribution >= 0.6 is 0 Å². The van der Waals surface area contributed by atoms with Crippen LogP contribution in [0.3, 0.4) is 0 Å². The summed E-state index contributed by atoms with van der Waals surface area (Å²) >= 11 is 0. The van der Waals surface area contributed by atoms with Crippen molar-refractivity contribution in [3.8, 4) is 0 Å². The van der Waals surface area contributed by atoms with Gasteiger partial charge in [0.05, 0.1) is 18.1 Å². The molecule has 6 atom stereocenters. The van der Waals surface area contributed by atoms with Crippen molar-refractivity contribution in [2.45, 2.75) is 32.8 Å². The summed E-state index contributed by atoms with van der Waals surface area (Å²) in [5, 5.41) is 10.1. The second kappa shape index (κ2) is 3.58. The molecule has 0 unspecified atom stereocenters. The molecule has 3 aliphatic rings. The smallest absolute Gasteiger partial charge is 0.312 e. The van der Waals surface area contributed by atoms with Gasteiger partial charge in [-0.3, -0.25) is 4.79 Å². The number of carbonyl (C=O) groups excluding carboxylic acids is 1. The number of hydrogen-bond acceptors (Lipinski definition) is 3. The third-order valence-corrected chi connectivity index (χ3v) is 5.28. The molecule has 1 N–H and O–H groups in total. The molecule has 3 nitrogen and oxygen atoms in total. The second-order valence-electron chi connectivity index (χ2n) is 6.16. The fourth-order valence-corrected chi connectivity index (χ4v) is 3.92. The van der Waals surface area contributed by atoms with Crippen molar-refractivity contribution >= 4 is 5.97 Å². The zero-order chi connectivity index (χ0) is 12.2. The number of aliphatic hydroxyl groups is 1. The van der Waals surface area contributed by atoms with Crippen LogP contribution in [-0.4, -0.2) is 23.8 Å². The number of allylic oxidation sites excluding steroid dienone is 1. The lowest BCUT2D eigenvalue weighted by Crippen LogP contribution is -2.48. The molecule has 0 bridgehead atoms. The largest absolute Gasteiger partial charge is 0.465 e. The normalized spacial score (nSPS) is 52.9. The van der Waals surface area contributed by atoms with Crippen molar-refractivity contribution in [1.29, 1.82) is 0 Å². The van der Waals surface area contributed by atoms with Gasteiger partial charge in [-0.2, -0.15) is 0 Å². The van der Waals surface area contributed by atoms with Gasteiger partial charge in [0.15, 0.2) is 0 Å². The van der Waals surface area contributed by atoms with Crippen LogP contribution in [0.1, 0.15) is 26.7 Å². The molecule has 94 valence electrons. The van der Waals surface area contributed by atoms with Crippen molar-refractivity contribution in [1.82, 2.24) is 0 Å². The number of fused-ring (bicyclic) bond motifs is 3. The van der Waals surface area contributed by atoms with Crippen LogP contribution in [0.15, 0.2) is 12.2 Å². The molecule has 3 heteroatoms. The van der Waals surface area contributed by atoms with Crippen LogP contribution in [0.4, 0.5) is 0 Å². The Bertz CT molecular complexity index is 376. The highest BCUT2D eigenvalue weighted by molar-refractivity contribution is 5.80. The number of esters is 1. The summed E-state index contributed by atoms with van der Waals surface area (Å²) in [6.07, 6.45) is 5.86. The van der Waals surface area contributed by atoms with Crippen molar-refractivity contribution in [3.05, 3.63) is 12.2 Å². The van der Waals surface area contributed by atoms with E-state index in [0.717, 1.165) is 12.8 Å². The lowest BCUT2D eigenvalue weighted by molar-refractivity contribution is -0.151. The third kappa shape index (κ3) is 1.41. The van der Waals surface area contributed by atoms with Crippen LogP contribution in [0.25, 0.3) is 0 Å². The Balaban J connectivity index is 1.97. The van der Waals surface area contributed by atoms with Crippen molar-refractivity contribution in [2.75, 3.05) is 6.61 Å². The highest BCUT2D eigenvalue weighted by Gasteiger charge is 2.57. The van der Waals surface area contributed by atoms with Gasteiger partial charge in [-0.25, -0.2) is 0 Å². The first-order chi connectivity index (χ1) is 8.03. The highest BCUT2D eigenvalue weighted by atomic mass is 16.5. The SMILES string of the molecule is C[C@@H]1C[C@@H]2C=C[C@@H]3COC(=O)[C@]3(C)[C@@H]2C[C@@H]1O. The molecule has 0 aromatic heterocycles. The zero-order valence-corrected chi connectivity index (χ0v) is 10.4. The van der Waals surface area contributed by atoms with Crippen LogP contribution in [0.2, 0.25) is 0 Å². The summed E-state index contributed by atoms with van der Waals surface area (Å²) in [5.74, 6) is 1.15. The number of carbonyl (C=O) groups is 1. The molecule has 1 saturated carbocycles.